The van der Waals surface area contributed by atoms with Crippen LogP contribution in [0.15, 0.2) is 12.7 Å². The molecule has 1 aromatic rings. The van der Waals surface area contributed by atoms with E-state index in [1.54, 1.807) is 12.7 Å². The van der Waals surface area contributed by atoms with Crippen molar-refractivity contribution in [1.29, 1.82) is 0 Å². The van der Waals surface area contributed by atoms with Gasteiger partial charge >= 0.3 is 0 Å². The highest BCUT2D eigenvalue weighted by molar-refractivity contribution is 4.64. The summed E-state index contributed by atoms with van der Waals surface area (Å²) in [5.41, 5.74) is 0.285. The fourth-order valence-corrected chi connectivity index (χ4v) is 0.800. The fourth-order valence-electron chi connectivity index (χ4n) is 0.800. The van der Waals surface area contributed by atoms with Gasteiger partial charge in [0, 0.05) is 6.54 Å². The molecule has 0 aromatic carbocycles. The van der Waals surface area contributed by atoms with Crippen molar-refractivity contribution < 1.29 is 0 Å². The maximum Gasteiger partial charge on any atom is 0.137 e. The van der Waals surface area contributed by atoms with E-state index in [2.05, 4.69) is 30.9 Å². The van der Waals surface area contributed by atoms with Gasteiger partial charge in [0.1, 0.15) is 12.7 Å². The van der Waals surface area contributed by atoms with Crippen LogP contribution in [0, 0.1) is 5.41 Å². The number of aromatic nitrogens is 3. The van der Waals surface area contributed by atoms with Crippen molar-refractivity contribution in [2.24, 2.45) is 5.41 Å². The van der Waals surface area contributed by atoms with Gasteiger partial charge in [0.15, 0.2) is 0 Å². The first kappa shape index (κ1) is 7.25. The maximum atomic E-state index is 4.01. The number of hydrogen-bond acceptors (Lipinski definition) is 2. The molecule has 0 saturated carbocycles. The van der Waals surface area contributed by atoms with Crippen molar-refractivity contribution in [3.63, 3.8) is 0 Å². The van der Waals surface area contributed by atoms with E-state index in [4.69, 9.17) is 0 Å². The molecule has 0 fully saturated rings. The van der Waals surface area contributed by atoms with Crippen LogP contribution in [-0.4, -0.2) is 14.8 Å². The second-order valence-electron chi connectivity index (χ2n) is 3.65. The third-order valence-electron chi connectivity index (χ3n) is 1.10. The molecule has 0 amide bonds. The van der Waals surface area contributed by atoms with Gasteiger partial charge in [0.05, 0.1) is 0 Å². The van der Waals surface area contributed by atoms with Gasteiger partial charge in [-0.25, -0.2) is 4.98 Å². The standard InChI is InChI=1S/C7H13N3/c1-7(2,3)4-10-6-8-5-9-10/h5-6H,4H2,1-3H3. The molecular formula is C7H13N3. The summed E-state index contributed by atoms with van der Waals surface area (Å²) >= 11 is 0. The highest BCUT2D eigenvalue weighted by Crippen LogP contribution is 2.14. The van der Waals surface area contributed by atoms with E-state index in [9.17, 15) is 0 Å². The predicted octanol–water partition coefficient (Wildman–Crippen LogP) is 1.32. The van der Waals surface area contributed by atoms with Crippen LogP contribution in [-0.2, 0) is 6.54 Å². The van der Waals surface area contributed by atoms with Crippen LogP contribution in [0.1, 0.15) is 20.8 Å². The average Bonchev–Trinajstić information content (AvgIpc) is 2.12. The Labute approximate surface area is 61.1 Å². The first-order valence-corrected chi connectivity index (χ1v) is 3.40. The Morgan fingerprint density at radius 2 is 2.10 bits per heavy atom. The largest absolute Gasteiger partial charge is 0.252 e. The van der Waals surface area contributed by atoms with E-state index < -0.39 is 0 Å². The Morgan fingerprint density at radius 1 is 1.40 bits per heavy atom. The Balaban J connectivity index is 2.57. The van der Waals surface area contributed by atoms with Crippen molar-refractivity contribution >= 4 is 0 Å². The molecule has 0 saturated heterocycles. The second kappa shape index (κ2) is 2.40. The molecule has 0 aliphatic rings. The summed E-state index contributed by atoms with van der Waals surface area (Å²) in [5.74, 6) is 0. The van der Waals surface area contributed by atoms with Crippen LogP contribution >= 0.6 is 0 Å². The lowest BCUT2D eigenvalue weighted by atomic mass is 9.97. The fraction of sp³-hybridized carbons (Fsp3) is 0.714. The highest BCUT2D eigenvalue weighted by Gasteiger charge is 2.10. The van der Waals surface area contributed by atoms with E-state index in [1.165, 1.54) is 0 Å². The summed E-state index contributed by atoms with van der Waals surface area (Å²) in [5, 5.41) is 4.01. The molecule has 3 nitrogen and oxygen atoms in total. The van der Waals surface area contributed by atoms with Crippen molar-refractivity contribution in [3.8, 4) is 0 Å². The topological polar surface area (TPSA) is 30.7 Å². The van der Waals surface area contributed by atoms with E-state index >= 15 is 0 Å². The minimum Gasteiger partial charge on any atom is -0.252 e. The predicted molar refractivity (Wildman–Crippen MR) is 39.5 cm³/mol. The lowest BCUT2D eigenvalue weighted by molar-refractivity contribution is 0.325. The molecule has 0 aliphatic heterocycles. The highest BCUT2D eigenvalue weighted by atomic mass is 15.3. The Morgan fingerprint density at radius 3 is 2.50 bits per heavy atom. The first-order chi connectivity index (χ1) is 4.58. The van der Waals surface area contributed by atoms with E-state index in [0.717, 1.165) is 6.54 Å². The zero-order chi connectivity index (χ0) is 7.61. The van der Waals surface area contributed by atoms with Gasteiger partial charge in [0.2, 0.25) is 0 Å². The van der Waals surface area contributed by atoms with Crippen molar-refractivity contribution in [1.82, 2.24) is 14.8 Å². The maximum absolute atomic E-state index is 4.01. The molecule has 1 rings (SSSR count). The minimum atomic E-state index is 0.285. The van der Waals surface area contributed by atoms with E-state index in [0.29, 0.717) is 0 Å². The SMILES string of the molecule is CC(C)(C)Cn1cncn1. The van der Waals surface area contributed by atoms with Gasteiger partial charge in [-0.05, 0) is 5.41 Å². The Kier molecular flexibility index (Phi) is 1.74. The number of hydrogen-bond donors (Lipinski definition) is 0. The molecule has 0 unspecified atom stereocenters. The number of rotatable bonds is 1. The van der Waals surface area contributed by atoms with Gasteiger partial charge < -0.3 is 0 Å². The van der Waals surface area contributed by atoms with Crippen LogP contribution in [0.5, 0.6) is 0 Å². The molecule has 1 aromatic heterocycles. The van der Waals surface area contributed by atoms with Crippen LogP contribution in [0.2, 0.25) is 0 Å². The number of nitrogens with zero attached hydrogens (tertiary/aromatic N) is 3. The summed E-state index contributed by atoms with van der Waals surface area (Å²) in [4.78, 5) is 3.86. The molecule has 0 spiro atoms. The van der Waals surface area contributed by atoms with Crippen LogP contribution in [0.3, 0.4) is 0 Å². The Hall–Kier alpha value is -0.860. The molecule has 10 heavy (non-hydrogen) atoms. The van der Waals surface area contributed by atoms with Crippen LogP contribution < -0.4 is 0 Å². The van der Waals surface area contributed by atoms with Gasteiger partial charge in [-0.2, -0.15) is 5.10 Å². The molecule has 0 bridgehead atoms. The zero-order valence-electron chi connectivity index (χ0n) is 6.70. The van der Waals surface area contributed by atoms with Gasteiger partial charge in [-0.3, -0.25) is 4.68 Å². The summed E-state index contributed by atoms with van der Waals surface area (Å²) in [6.45, 7) is 7.45. The van der Waals surface area contributed by atoms with Gasteiger partial charge in [-0.15, -0.1) is 0 Å². The zero-order valence-corrected chi connectivity index (χ0v) is 6.70. The van der Waals surface area contributed by atoms with Gasteiger partial charge in [-0.1, -0.05) is 20.8 Å². The average molecular weight is 139 g/mol. The molecule has 1 heterocycles. The van der Waals surface area contributed by atoms with Crippen LogP contribution in [0.25, 0.3) is 0 Å². The first-order valence-electron chi connectivity index (χ1n) is 3.40. The lowest BCUT2D eigenvalue weighted by Crippen LogP contribution is -2.15. The Bertz CT molecular complexity index is 183. The van der Waals surface area contributed by atoms with E-state index in [1.807, 2.05) is 4.68 Å². The molecule has 0 radical (unpaired) electrons. The third kappa shape index (κ3) is 2.17. The molecule has 3 heteroatoms. The lowest BCUT2D eigenvalue weighted by Gasteiger charge is -2.16. The molecule has 0 aliphatic carbocycles. The van der Waals surface area contributed by atoms with Crippen LogP contribution in [0.4, 0.5) is 0 Å². The summed E-state index contributed by atoms with van der Waals surface area (Å²) in [6.07, 6.45) is 3.30. The summed E-state index contributed by atoms with van der Waals surface area (Å²) in [6, 6.07) is 0. The van der Waals surface area contributed by atoms with Crippen molar-refractivity contribution in [3.05, 3.63) is 12.7 Å². The molecule has 56 valence electrons. The second-order valence-corrected chi connectivity index (χ2v) is 3.65. The molecule has 0 atom stereocenters. The molecular weight excluding hydrogens is 126 g/mol. The smallest absolute Gasteiger partial charge is 0.137 e. The molecule has 0 N–H and O–H groups in total. The van der Waals surface area contributed by atoms with Crippen molar-refractivity contribution in [2.75, 3.05) is 0 Å². The minimum absolute atomic E-state index is 0.285. The summed E-state index contributed by atoms with van der Waals surface area (Å²) in [7, 11) is 0. The summed E-state index contributed by atoms with van der Waals surface area (Å²) < 4.78 is 1.85. The van der Waals surface area contributed by atoms with Crippen molar-refractivity contribution in [2.45, 2.75) is 27.3 Å². The normalized spacial score (nSPS) is 11.9. The van der Waals surface area contributed by atoms with Gasteiger partial charge in [0.25, 0.3) is 0 Å². The quantitative estimate of drug-likeness (QED) is 0.587. The van der Waals surface area contributed by atoms with E-state index in [-0.39, 0.29) is 5.41 Å². The monoisotopic (exact) mass is 139 g/mol. The third-order valence-corrected chi connectivity index (χ3v) is 1.10.